The molecule has 0 spiro atoms. The number of nitrogens with zero attached hydrogens (tertiary/aromatic N) is 6. The number of oxime groups is 1. The predicted molar refractivity (Wildman–Crippen MR) is 126 cm³/mol. The van der Waals surface area contributed by atoms with Gasteiger partial charge in [0.05, 0.1) is 11.4 Å². The summed E-state index contributed by atoms with van der Waals surface area (Å²) in [6, 6.07) is 11.4. The third-order valence-electron chi connectivity index (χ3n) is 5.63. The van der Waals surface area contributed by atoms with Crippen LogP contribution in [0, 0.1) is 0 Å². The van der Waals surface area contributed by atoms with Gasteiger partial charge in [-0.1, -0.05) is 28.9 Å². The molecule has 1 fully saturated rings. The lowest BCUT2D eigenvalue weighted by Gasteiger charge is -2.34. The topological polar surface area (TPSA) is 85.8 Å². The zero-order chi connectivity index (χ0) is 22.7. The normalized spacial score (nSPS) is 15.7. The summed E-state index contributed by atoms with van der Waals surface area (Å²) in [6.45, 7) is 7.04. The molecule has 1 aliphatic rings. The maximum Gasteiger partial charge on any atom is 0.219 e. The second-order valence-electron chi connectivity index (χ2n) is 7.65. The van der Waals surface area contributed by atoms with Crippen molar-refractivity contribution >= 4 is 35.2 Å². The number of carbonyl (C=O) groups is 1. The molecule has 0 unspecified atom stereocenters. The number of fused-ring (bicyclic) bond motifs is 1. The number of benzene rings is 1. The summed E-state index contributed by atoms with van der Waals surface area (Å²) in [6.07, 6.45) is 3.48. The van der Waals surface area contributed by atoms with E-state index in [1.54, 1.807) is 20.1 Å². The van der Waals surface area contributed by atoms with Crippen molar-refractivity contribution in [3.8, 4) is 11.3 Å². The van der Waals surface area contributed by atoms with Crippen molar-refractivity contribution in [2.24, 2.45) is 10.1 Å². The Morgan fingerprint density at radius 3 is 2.50 bits per heavy atom. The lowest BCUT2D eigenvalue weighted by atomic mass is 10.1. The zero-order valence-electron chi connectivity index (χ0n) is 18.1. The molecule has 1 aromatic carbocycles. The van der Waals surface area contributed by atoms with Gasteiger partial charge >= 0.3 is 0 Å². The first-order valence-electron chi connectivity index (χ1n) is 10.5. The molecule has 1 N–H and O–H groups in total. The van der Waals surface area contributed by atoms with Gasteiger partial charge in [0.15, 0.2) is 5.84 Å². The Balaban J connectivity index is 1.76. The van der Waals surface area contributed by atoms with Crippen molar-refractivity contribution in [2.45, 2.75) is 20.4 Å². The predicted octanol–water partition coefficient (Wildman–Crippen LogP) is 3.55. The minimum absolute atomic E-state index is 0.109. The molecule has 0 aliphatic carbocycles. The number of aliphatic imine (C=N–C) groups is 1. The van der Waals surface area contributed by atoms with Crippen LogP contribution in [0.2, 0.25) is 5.02 Å². The van der Waals surface area contributed by atoms with E-state index in [-0.39, 0.29) is 11.7 Å². The van der Waals surface area contributed by atoms with Crippen LogP contribution < -0.4 is 0 Å². The molecule has 3 aromatic rings. The second-order valence-corrected chi connectivity index (χ2v) is 8.09. The molecule has 4 rings (SSSR count). The average Bonchev–Trinajstić information content (AvgIpc) is 3.16. The van der Waals surface area contributed by atoms with Crippen LogP contribution in [-0.4, -0.2) is 68.5 Å². The SMILES string of the molecule is CC=N/C(=N\O)c1ccc2nc(-c3ccc(Cl)cc3)c(CN3CCN(C(C)=O)CC3)n2c1. The highest BCUT2D eigenvalue weighted by Crippen LogP contribution is 2.28. The van der Waals surface area contributed by atoms with Gasteiger partial charge in [-0.2, -0.15) is 0 Å². The Kier molecular flexibility index (Phi) is 6.53. The summed E-state index contributed by atoms with van der Waals surface area (Å²) in [5, 5.41) is 13.4. The Morgan fingerprint density at radius 1 is 1.16 bits per heavy atom. The molecule has 9 heteroatoms. The monoisotopic (exact) mass is 452 g/mol. The van der Waals surface area contributed by atoms with Gasteiger partial charge in [0.1, 0.15) is 5.65 Å². The van der Waals surface area contributed by atoms with E-state index in [4.69, 9.17) is 16.6 Å². The van der Waals surface area contributed by atoms with E-state index in [0.717, 1.165) is 35.7 Å². The second kappa shape index (κ2) is 9.50. The lowest BCUT2D eigenvalue weighted by Crippen LogP contribution is -2.47. The van der Waals surface area contributed by atoms with E-state index in [2.05, 4.69) is 15.0 Å². The molecule has 166 valence electrons. The quantitative estimate of drug-likeness (QED) is 0.284. The van der Waals surface area contributed by atoms with Gasteiger partial charge in [0.2, 0.25) is 5.91 Å². The summed E-state index contributed by atoms with van der Waals surface area (Å²) in [7, 11) is 0. The third-order valence-corrected chi connectivity index (χ3v) is 5.88. The van der Waals surface area contributed by atoms with E-state index in [0.29, 0.717) is 30.2 Å². The number of piperazine rings is 1. The van der Waals surface area contributed by atoms with Crippen LogP contribution in [0.15, 0.2) is 52.7 Å². The molecular formula is C23H25ClN6O2. The van der Waals surface area contributed by atoms with Crippen molar-refractivity contribution < 1.29 is 10.0 Å². The Hall–Kier alpha value is -3.23. The van der Waals surface area contributed by atoms with Gasteiger partial charge in [0, 0.05) is 68.2 Å². The van der Waals surface area contributed by atoms with Crippen LogP contribution in [0.4, 0.5) is 0 Å². The molecule has 32 heavy (non-hydrogen) atoms. The van der Waals surface area contributed by atoms with Crippen molar-refractivity contribution in [2.75, 3.05) is 26.2 Å². The van der Waals surface area contributed by atoms with Gasteiger partial charge in [-0.15, -0.1) is 0 Å². The van der Waals surface area contributed by atoms with Crippen LogP contribution in [0.1, 0.15) is 25.1 Å². The highest BCUT2D eigenvalue weighted by Gasteiger charge is 2.22. The molecule has 1 aliphatic heterocycles. The molecule has 0 radical (unpaired) electrons. The van der Waals surface area contributed by atoms with Crippen molar-refractivity contribution in [1.29, 1.82) is 0 Å². The number of hydrogen-bond acceptors (Lipinski definition) is 5. The van der Waals surface area contributed by atoms with E-state index >= 15 is 0 Å². The van der Waals surface area contributed by atoms with Crippen LogP contribution >= 0.6 is 11.6 Å². The number of hydrogen-bond donors (Lipinski definition) is 1. The van der Waals surface area contributed by atoms with Crippen molar-refractivity contribution in [1.82, 2.24) is 19.2 Å². The fraction of sp³-hybridized carbons (Fsp3) is 0.304. The molecule has 3 heterocycles. The number of carbonyl (C=O) groups excluding carboxylic acids is 1. The Labute approximate surface area is 191 Å². The number of halogens is 1. The molecule has 8 nitrogen and oxygen atoms in total. The molecule has 2 aromatic heterocycles. The Bertz CT molecular complexity index is 1180. The molecule has 1 saturated heterocycles. The van der Waals surface area contributed by atoms with Crippen LogP contribution in [-0.2, 0) is 11.3 Å². The summed E-state index contributed by atoms with van der Waals surface area (Å²) < 4.78 is 2.02. The summed E-state index contributed by atoms with van der Waals surface area (Å²) in [5.74, 6) is 0.343. The number of pyridine rings is 1. The molecule has 1 amide bonds. The smallest absolute Gasteiger partial charge is 0.219 e. The highest BCUT2D eigenvalue weighted by molar-refractivity contribution is 6.30. The first-order valence-corrected chi connectivity index (χ1v) is 10.8. The van der Waals surface area contributed by atoms with E-state index in [1.165, 1.54) is 0 Å². The maximum absolute atomic E-state index is 11.7. The molecule has 0 saturated carbocycles. The lowest BCUT2D eigenvalue weighted by molar-refractivity contribution is -0.130. The standard InChI is InChI=1S/C23H25ClN6O2/c1-3-25-23(27-32)18-6-9-21-26-22(17-4-7-19(24)8-5-17)20(30(21)14-18)15-28-10-12-29(13-11-28)16(2)31/h3-9,14,32H,10-13,15H2,1-2H3/b25-3?,27-23-. The van der Waals surface area contributed by atoms with E-state index in [9.17, 15) is 10.0 Å². The van der Waals surface area contributed by atoms with Crippen molar-refractivity contribution in [3.05, 3.63) is 58.9 Å². The maximum atomic E-state index is 11.7. The number of imidazole rings is 1. The number of aromatic nitrogens is 2. The fourth-order valence-electron chi connectivity index (χ4n) is 3.93. The summed E-state index contributed by atoms with van der Waals surface area (Å²) in [4.78, 5) is 24.9. The minimum Gasteiger partial charge on any atom is -0.409 e. The first kappa shape index (κ1) is 22.0. The van der Waals surface area contributed by atoms with E-state index in [1.807, 2.05) is 51.9 Å². The fourth-order valence-corrected chi connectivity index (χ4v) is 4.05. The largest absolute Gasteiger partial charge is 0.409 e. The van der Waals surface area contributed by atoms with Crippen LogP contribution in [0.5, 0.6) is 0 Å². The van der Waals surface area contributed by atoms with E-state index < -0.39 is 0 Å². The highest BCUT2D eigenvalue weighted by atomic mass is 35.5. The average molecular weight is 453 g/mol. The number of amides is 1. The number of rotatable bonds is 4. The summed E-state index contributed by atoms with van der Waals surface area (Å²) in [5.41, 5.74) is 4.32. The van der Waals surface area contributed by atoms with Gasteiger partial charge in [-0.05, 0) is 31.2 Å². The summed E-state index contributed by atoms with van der Waals surface area (Å²) >= 11 is 6.10. The Morgan fingerprint density at radius 2 is 1.88 bits per heavy atom. The molecular weight excluding hydrogens is 428 g/mol. The minimum atomic E-state index is 0.109. The first-order chi connectivity index (χ1) is 15.5. The van der Waals surface area contributed by atoms with Gasteiger partial charge in [0.25, 0.3) is 0 Å². The zero-order valence-corrected chi connectivity index (χ0v) is 18.8. The molecule has 0 bridgehead atoms. The number of amidine groups is 1. The van der Waals surface area contributed by atoms with Gasteiger partial charge in [-0.3, -0.25) is 9.69 Å². The van der Waals surface area contributed by atoms with Gasteiger partial charge < -0.3 is 14.5 Å². The molecule has 0 atom stereocenters. The third kappa shape index (κ3) is 4.51. The van der Waals surface area contributed by atoms with Crippen LogP contribution in [0.3, 0.4) is 0 Å². The van der Waals surface area contributed by atoms with Gasteiger partial charge in [-0.25, -0.2) is 9.98 Å². The van der Waals surface area contributed by atoms with Crippen LogP contribution in [0.25, 0.3) is 16.9 Å². The van der Waals surface area contributed by atoms with Crippen molar-refractivity contribution in [3.63, 3.8) is 0 Å².